The predicted molar refractivity (Wildman–Crippen MR) is 120 cm³/mol. The Labute approximate surface area is 209 Å². The van der Waals surface area contributed by atoms with Crippen LogP contribution >= 0.6 is 11.7 Å². The summed E-state index contributed by atoms with van der Waals surface area (Å²) in [6.07, 6.45) is -8.70. The monoisotopic (exact) mass is 547 g/mol. The molecule has 198 valence electrons. The van der Waals surface area contributed by atoms with E-state index in [4.69, 9.17) is 9.90 Å². The Hall–Kier alpha value is -3.79. The zero-order chi connectivity index (χ0) is 26.8. The molecule has 2 aliphatic heterocycles. The molecule has 1 aromatic heterocycles. The van der Waals surface area contributed by atoms with E-state index in [9.17, 15) is 26.7 Å². The molecule has 0 bridgehead atoms. The fourth-order valence-electron chi connectivity index (χ4n) is 3.56. The van der Waals surface area contributed by atoms with Crippen molar-refractivity contribution >= 4 is 40.4 Å². The first-order chi connectivity index (χ1) is 17.4. The smallest absolute Gasteiger partial charge is 0.475 e. The number of nitrogens with one attached hydrogen (secondary N) is 1. The van der Waals surface area contributed by atoms with Crippen LogP contribution in [0.1, 0.15) is 5.56 Å². The lowest BCUT2D eigenvalue weighted by molar-refractivity contribution is -0.286. The minimum atomic E-state index is -5.08. The number of alkyl halides is 5. The highest BCUT2D eigenvalue weighted by Crippen LogP contribution is 2.41. The van der Waals surface area contributed by atoms with Crippen LogP contribution in [0.15, 0.2) is 36.4 Å². The second-order valence-corrected chi connectivity index (χ2v) is 8.41. The fourth-order valence-corrected chi connectivity index (χ4v) is 4.11. The van der Waals surface area contributed by atoms with Gasteiger partial charge in [-0.1, -0.05) is 12.1 Å². The van der Waals surface area contributed by atoms with Crippen molar-refractivity contribution in [3.05, 3.63) is 42.0 Å². The third-order valence-corrected chi connectivity index (χ3v) is 5.84. The van der Waals surface area contributed by atoms with E-state index in [-0.39, 0.29) is 17.5 Å². The van der Waals surface area contributed by atoms with E-state index >= 15 is 0 Å². The summed E-state index contributed by atoms with van der Waals surface area (Å²) in [7, 11) is 0. The number of aliphatic carboxylic acids is 1. The summed E-state index contributed by atoms with van der Waals surface area (Å²) in [6.45, 7) is 3.02. The van der Waals surface area contributed by atoms with Crippen LogP contribution in [-0.4, -0.2) is 74.3 Å². The van der Waals surface area contributed by atoms with E-state index < -0.39 is 18.4 Å². The highest BCUT2D eigenvalue weighted by atomic mass is 32.1. The van der Waals surface area contributed by atoms with Crippen LogP contribution in [0, 0.1) is 0 Å². The Morgan fingerprint density at radius 2 is 1.73 bits per heavy atom. The van der Waals surface area contributed by atoms with Gasteiger partial charge in [0, 0.05) is 32.7 Å². The van der Waals surface area contributed by atoms with Crippen LogP contribution < -0.4 is 14.8 Å². The summed E-state index contributed by atoms with van der Waals surface area (Å²) >= 11 is 1.11. The molecule has 0 spiro atoms. The fraction of sp³-hybridized carbons (Fsp3) is 0.333. The summed E-state index contributed by atoms with van der Waals surface area (Å²) < 4.78 is 75.4. The molecule has 2 aliphatic rings. The van der Waals surface area contributed by atoms with Crippen molar-refractivity contribution in [2.24, 2.45) is 0 Å². The Balaban J connectivity index is 0.000000405. The summed E-state index contributed by atoms with van der Waals surface area (Å²) in [5.74, 6) is -2.68. The number of aromatic nitrogens is 2. The van der Waals surface area contributed by atoms with Crippen LogP contribution in [0.2, 0.25) is 0 Å². The molecule has 16 heteroatoms. The van der Waals surface area contributed by atoms with Gasteiger partial charge in [-0.25, -0.2) is 9.59 Å². The average molecular weight is 547 g/mol. The number of nitrogens with zero attached hydrogens (tertiary/aromatic N) is 4. The molecular weight excluding hydrogens is 529 g/mol. The number of rotatable bonds is 3. The van der Waals surface area contributed by atoms with Gasteiger partial charge in [-0.3, -0.25) is 4.90 Å². The van der Waals surface area contributed by atoms with Gasteiger partial charge in [-0.2, -0.15) is 21.9 Å². The van der Waals surface area contributed by atoms with E-state index in [0.29, 0.717) is 43.9 Å². The Morgan fingerprint density at radius 3 is 2.41 bits per heavy atom. The van der Waals surface area contributed by atoms with E-state index in [1.54, 1.807) is 23.1 Å². The predicted octanol–water partition coefficient (Wildman–Crippen LogP) is 4.00. The maximum absolute atomic E-state index is 13.2. The maximum atomic E-state index is 13.2. The van der Waals surface area contributed by atoms with Gasteiger partial charge < -0.3 is 24.8 Å². The lowest BCUT2D eigenvalue weighted by Gasteiger charge is -2.34. The van der Waals surface area contributed by atoms with Crippen molar-refractivity contribution in [1.82, 2.24) is 18.5 Å². The maximum Gasteiger partial charge on any atom is 0.586 e. The molecule has 0 saturated carbocycles. The number of benzene rings is 2. The highest BCUT2D eigenvalue weighted by Gasteiger charge is 2.43. The minimum Gasteiger partial charge on any atom is -0.475 e. The number of carboxylic acid groups (broad SMARTS) is 1. The van der Waals surface area contributed by atoms with Crippen LogP contribution in [-0.2, 0) is 11.3 Å². The highest BCUT2D eigenvalue weighted by molar-refractivity contribution is 7.00. The lowest BCUT2D eigenvalue weighted by atomic mass is 10.1. The molecule has 0 aliphatic carbocycles. The van der Waals surface area contributed by atoms with Crippen molar-refractivity contribution in [1.29, 1.82) is 0 Å². The topological polar surface area (TPSA) is 117 Å². The average Bonchev–Trinajstić information content (AvgIpc) is 3.42. The number of hydrogen-bond acceptors (Lipinski definition) is 8. The van der Waals surface area contributed by atoms with Crippen LogP contribution in [0.4, 0.5) is 32.4 Å². The zero-order valence-corrected chi connectivity index (χ0v) is 19.5. The van der Waals surface area contributed by atoms with Gasteiger partial charge in [-0.05, 0) is 29.8 Å². The molecule has 2 amide bonds. The number of carbonyl (C=O) groups is 2. The largest absolute Gasteiger partial charge is 0.586 e. The van der Waals surface area contributed by atoms with Gasteiger partial charge in [0.05, 0.1) is 17.4 Å². The summed E-state index contributed by atoms with van der Waals surface area (Å²) in [5.41, 5.74) is 2.92. The van der Waals surface area contributed by atoms with Crippen molar-refractivity contribution in [3.8, 4) is 11.5 Å². The number of carbonyl (C=O) groups excluding carboxylic acids is 1. The number of halogens is 5. The van der Waals surface area contributed by atoms with Crippen molar-refractivity contribution in [3.63, 3.8) is 0 Å². The first kappa shape index (κ1) is 26.3. The number of carboxylic acids is 1. The van der Waals surface area contributed by atoms with Crippen LogP contribution in [0.3, 0.4) is 0 Å². The van der Waals surface area contributed by atoms with Crippen LogP contribution in [0.25, 0.3) is 11.0 Å². The van der Waals surface area contributed by atoms with Gasteiger partial charge in [0.15, 0.2) is 11.5 Å². The summed E-state index contributed by atoms with van der Waals surface area (Å²) in [6, 6.07) is 10.1. The molecule has 5 rings (SSSR count). The minimum absolute atomic E-state index is 0.0376. The van der Waals surface area contributed by atoms with E-state index in [1.807, 2.05) is 12.1 Å². The van der Waals surface area contributed by atoms with E-state index in [0.717, 1.165) is 22.8 Å². The summed E-state index contributed by atoms with van der Waals surface area (Å²) in [4.78, 5) is 25.4. The standard InChI is InChI=1S/C19H17F2N5O3S.C2HF3O2/c20-19(21)28-15-5-4-12(10-16(15)29-19)11-25-6-8-26(9-7-25)18(27)22-13-2-1-3-14-17(13)24-30-23-14;3-2(4,5)1(6)7/h1-5,10H,6-9,11H2,(H,22,27);(H,6,7). The van der Waals surface area contributed by atoms with E-state index in [2.05, 4.69) is 28.4 Å². The third-order valence-electron chi connectivity index (χ3n) is 5.30. The number of piperazine rings is 1. The molecule has 2 N–H and O–H groups in total. The lowest BCUT2D eigenvalue weighted by Crippen LogP contribution is -2.49. The van der Waals surface area contributed by atoms with E-state index in [1.165, 1.54) is 6.07 Å². The van der Waals surface area contributed by atoms with Gasteiger partial charge in [0.2, 0.25) is 0 Å². The normalized spacial score (nSPS) is 16.7. The first-order valence-electron chi connectivity index (χ1n) is 10.6. The molecule has 0 radical (unpaired) electrons. The SMILES string of the molecule is O=C(Nc1cccc2nsnc12)N1CCN(Cc2ccc3c(c2)OC(F)(F)O3)CC1.O=C(O)C(F)(F)F. The first-order valence-corrected chi connectivity index (χ1v) is 11.3. The van der Waals surface area contributed by atoms with Crippen molar-refractivity contribution in [2.75, 3.05) is 31.5 Å². The molecule has 37 heavy (non-hydrogen) atoms. The molecule has 1 fully saturated rings. The van der Waals surface area contributed by atoms with Crippen molar-refractivity contribution in [2.45, 2.75) is 19.0 Å². The van der Waals surface area contributed by atoms with Gasteiger partial charge in [-0.15, -0.1) is 8.78 Å². The van der Waals surface area contributed by atoms with Crippen LogP contribution in [0.5, 0.6) is 11.5 Å². The summed E-state index contributed by atoms with van der Waals surface area (Å²) in [5, 5.41) is 10.0. The number of urea groups is 1. The molecular formula is C21H18F5N5O5S. The number of hydrogen-bond donors (Lipinski definition) is 2. The third kappa shape index (κ3) is 6.51. The van der Waals surface area contributed by atoms with Gasteiger partial charge in [0.1, 0.15) is 11.0 Å². The molecule has 3 aromatic rings. The quantitative estimate of drug-likeness (QED) is 0.473. The Kier molecular flexibility index (Phi) is 7.31. The van der Waals surface area contributed by atoms with Gasteiger partial charge >= 0.3 is 24.5 Å². The van der Waals surface area contributed by atoms with Crippen molar-refractivity contribution < 1.29 is 46.1 Å². The molecule has 0 atom stereocenters. The van der Waals surface area contributed by atoms with Gasteiger partial charge in [0.25, 0.3) is 0 Å². The molecule has 1 saturated heterocycles. The number of ether oxygens (including phenoxy) is 2. The zero-order valence-electron chi connectivity index (χ0n) is 18.7. The number of amides is 2. The molecule has 2 aromatic carbocycles. The number of fused-ring (bicyclic) bond motifs is 2. The molecule has 3 heterocycles. The molecule has 0 unspecified atom stereocenters. The second-order valence-electron chi connectivity index (χ2n) is 7.88. The molecule has 10 nitrogen and oxygen atoms in total. The second kappa shape index (κ2) is 10.3. The Morgan fingerprint density at radius 1 is 1.05 bits per heavy atom. The number of anilines is 1. The Bertz CT molecular complexity index is 1300.